The zero-order chi connectivity index (χ0) is 14.5. The first kappa shape index (κ1) is 14.9. The fourth-order valence-corrected chi connectivity index (χ4v) is 2.47. The van der Waals surface area contributed by atoms with Crippen molar-refractivity contribution in [2.24, 2.45) is 0 Å². The van der Waals surface area contributed by atoms with Gasteiger partial charge in [-0.3, -0.25) is 9.69 Å². The molecule has 1 N–H and O–H groups in total. The summed E-state index contributed by atoms with van der Waals surface area (Å²) in [6.07, 6.45) is 3.51. The number of nitrogens with one attached hydrogen (secondary N) is 1. The average molecular weight is 281 g/mol. The average Bonchev–Trinajstić information content (AvgIpc) is 2.88. The molecule has 0 aromatic carbocycles. The smallest absolute Gasteiger partial charge is 0.234 e. The molecule has 20 heavy (non-hydrogen) atoms. The van der Waals surface area contributed by atoms with Crippen molar-refractivity contribution in [3.05, 3.63) is 12.7 Å². The molecule has 1 fully saturated rings. The van der Waals surface area contributed by atoms with E-state index in [2.05, 4.69) is 20.3 Å². The van der Waals surface area contributed by atoms with E-state index in [9.17, 15) is 4.79 Å². The van der Waals surface area contributed by atoms with E-state index in [1.54, 1.807) is 11.0 Å². The standard InChI is InChI=1S/C13H23N5O2/c1-10(18-9-14-8-16-18)4-15-13(19)7-17-5-11(2)20-12(3)6-17/h8-12H,4-7H2,1-3H3,(H,15,19)/t10-,11-,12-/m1/s1. The summed E-state index contributed by atoms with van der Waals surface area (Å²) in [5.74, 6) is 0.0401. The summed E-state index contributed by atoms with van der Waals surface area (Å²) in [5, 5.41) is 6.99. The molecule has 1 aliphatic rings. The maximum Gasteiger partial charge on any atom is 0.234 e. The highest BCUT2D eigenvalue weighted by atomic mass is 16.5. The van der Waals surface area contributed by atoms with Gasteiger partial charge in [0, 0.05) is 19.6 Å². The Labute approximate surface area is 119 Å². The summed E-state index contributed by atoms with van der Waals surface area (Å²) >= 11 is 0. The molecule has 0 unspecified atom stereocenters. The molecule has 7 nitrogen and oxygen atoms in total. The summed E-state index contributed by atoms with van der Waals surface area (Å²) in [4.78, 5) is 18.0. The molecule has 0 bridgehead atoms. The van der Waals surface area contributed by atoms with E-state index >= 15 is 0 Å². The Balaban J connectivity index is 1.72. The second kappa shape index (κ2) is 6.81. The molecule has 1 amide bonds. The number of aromatic nitrogens is 3. The van der Waals surface area contributed by atoms with Gasteiger partial charge in [0.25, 0.3) is 0 Å². The maximum absolute atomic E-state index is 12.0. The Morgan fingerprint density at radius 3 is 2.75 bits per heavy atom. The number of carbonyl (C=O) groups is 1. The van der Waals surface area contributed by atoms with Gasteiger partial charge in [0.15, 0.2) is 0 Å². The number of morpholine rings is 1. The number of nitrogens with zero attached hydrogens (tertiary/aromatic N) is 4. The number of hydrogen-bond acceptors (Lipinski definition) is 5. The van der Waals surface area contributed by atoms with Gasteiger partial charge in [-0.2, -0.15) is 5.10 Å². The summed E-state index contributed by atoms with van der Waals surface area (Å²) in [7, 11) is 0. The molecule has 0 radical (unpaired) electrons. The first-order chi connectivity index (χ1) is 9.54. The summed E-state index contributed by atoms with van der Waals surface area (Å²) in [6.45, 7) is 8.64. The zero-order valence-corrected chi connectivity index (χ0v) is 12.3. The molecule has 0 saturated carbocycles. The van der Waals surface area contributed by atoms with Gasteiger partial charge in [0.1, 0.15) is 12.7 Å². The van der Waals surface area contributed by atoms with E-state index in [1.165, 1.54) is 6.33 Å². The van der Waals surface area contributed by atoms with E-state index in [0.717, 1.165) is 13.1 Å². The minimum Gasteiger partial charge on any atom is -0.373 e. The van der Waals surface area contributed by atoms with Crippen LogP contribution in [0.15, 0.2) is 12.7 Å². The Morgan fingerprint density at radius 1 is 1.45 bits per heavy atom. The third kappa shape index (κ3) is 4.28. The molecule has 2 heterocycles. The predicted molar refractivity (Wildman–Crippen MR) is 74.2 cm³/mol. The lowest BCUT2D eigenvalue weighted by molar-refractivity contribution is -0.126. The fourth-order valence-electron chi connectivity index (χ4n) is 2.47. The fraction of sp³-hybridized carbons (Fsp3) is 0.769. The van der Waals surface area contributed by atoms with Crippen LogP contribution in [-0.4, -0.2) is 64.0 Å². The molecule has 1 aliphatic heterocycles. The molecule has 1 saturated heterocycles. The molecule has 3 atom stereocenters. The molecule has 0 aliphatic carbocycles. The van der Waals surface area contributed by atoms with Crippen LogP contribution in [0, 0.1) is 0 Å². The van der Waals surface area contributed by atoms with Gasteiger partial charge in [-0.05, 0) is 20.8 Å². The van der Waals surface area contributed by atoms with E-state index in [0.29, 0.717) is 13.1 Å². The number of hydrogen-bond donors (Lipinski definition) is 1. The minimum absolute atomic E-state index is 0.0401. The van der Waals surface area contributed by atoms with Crippen LogP contribution in [-0.2, 0) is 9.53 Å². The van der Waals surface area contributed by atoms with Crippen LogP contribution in [0.25, 0.3) is 0 Å². The van der Waals surface area contributed by atoms with Crippen molar-refractivity contribution < 1.29 is 9.53 Å². The molecule has 1 aromatic rings. The second-order valence-electron chi connectivity index (χ2n) is 5.48. The van der Waals surface area contributed by atoms with Crippen LogP contribution in [0.4, 0.5) is 0 Å². The number of carbonyl (C=O) groups excluding carboxylic acids is 1. The lowest BCUT2D eigenvalue weighted by Gasteiger charge is -2.34. The van der Waals surface area contributed by atoms with Crippen LogP contribution < -0.4 is 5.32 Å². The van der Waals surface area contributed by atoms with Gasteiger partial charge in [-0.15, -0.1) is 0 Å². The van der Waals surface area contributed by atoms with E-state index in [-0.39, 0.29) is 24.2 Å². The Morgan fingerprint density at radius 2 is 2.15 bits per heavy atom. The monoisotopic (exact) mass is 281 g/mol. The van der Waals surface area contributed by atoms with E-state index in [4.69, 9.17) is 4.74 Å². The third-order valence-electron chi connectivity index (χ3n) is 3.35. The molecule has 0 spiro atoms. The van der Waals surface area contributed by atoms with Gasteiger partial charge in [0.2, 0.25) is 5.91 Å². The van der Waals surface area contributed by atoms with Crippen molar-refractivity contribution in [1.29, 1.82) is 0 Å². The van der Waals surface area contributed by atoms with Gasteiger partial charge >= 0.3 is 0 Å². The van der Waals surface area contributed by atoms with Gasteiger partial charge in [-0.1, -0.05) is 0 Å². The lowest BCUT2D eigenvalue weighted by atomic mass is 10.2. The quantitative estimate of drug-likeness (QED) is 0.826. The first-order valence-electron chi connectivity index (χ1n) is 7.03. The van der Waals surface area contributed by atoms with Gasteiger partial charge < -0.3 is 10.1 Å². The summed E-state index contributed by atoms with van der Waals surface area (Å²) in [5.41, 5.74) is 0. The molecule has 112 valence electrons. The highest BCUT2D eigenvalue weighted by Crippen LogP contribution is 2.09. The Kier molecular flexibility index (Phi) is 5.08. The van der Waals surface area contributed by atoms with E-state index in [1.807, 2.05) is 20.8 Å². The lowest BCUT2D eigenvalue weighted by Crippen LogP contribution is -2.49. The molecule has 7 heteroatoms. The van der Waals surface area contributed by atoms with Crippen LogP contribution in [0.3, 0.4) is 0 Å². The highest BCUT2D eigenvalue weighted by molar-refractivity contribution is 5.78. The second-order valence-corrected chi connectivity index (χ2v) is 5.48. The van der Waals surface area contributed by atoms with Crippen molar-refractivity contribution in [2.45, 2.75) is 39.0 Å². The third-order valence-corrected chi connectivity index (χ3v) is 3.35. The van der Waals surface area contributed by atoms with Crippen LogP contribution >= 0.6 is 0 Å². The minimum atomic E-state index is 0.0401. The highest BCUT2D eigenvalue weighted by Gasteiger charge is 2.23. The topological polar surface area (TPSA) is 72.3 Å². The maximum atomic E-state index is 12.0. The van der Waals surface area contributed by atoms with Crippen molar-refractivity contribution >= 4 is 5.91 Å². The summed E-state index contributed by atoms with van der Waals surface area (Å²) < 4.78 is 7.39. The van der Waals surface area contributed by atoms with Crippen LogP contribution in [0.2, 0.25) is 0 Å². The van der Waals surface area contributed by atoms with Gasteiger partial charge in [0.05, 0.1) is 24.8 Å². The Hall–Kier alpha value is -1.47. The van der Waals surface area contributed by atoms with Crippen LogP contribution in [0.1, 0.15) is 26.8 Å². The van der Waals surface area contributed by atoms with Gasteiger partial charge in [-0.25, -0.2) is 9.67 Å². The number of ether oxygens (including phenoxy) is 1. The van der Waals surface area contributed by atoms with Crippen molar-refractivity contribution in [1.82, 2.24) is 25.0 Å². The number of amides is 1. The molecule has 1 aromatic heterocycles. The molecular weight excluding hydrogens is 258 g/mol. The molecular formula is C13H23N5O2. The predicted octanol–water partition coefficient (Wildman–Crippen LogP) is 0.0645. The largest absolute Gasteiger partial charge is 0.373 e. The normalized spacial score (nSPS) is 25.4. The SMILES string of the molecule is C[C@@H]1CN(CC(=O)NC[C@@H](C)n2cncn2)C[C@@H](C)O1. The summed E-state index contributed by atoms with van der Waals surface area (Å²) in [6, 6.07) is 0.101. The molecule has 2 rings (SSSR count). The van der Waals surface area contributed by atoms with Crippen molar-refractivity contribution in [3.63, 3.8) is 0 Å². The first-order valence-corrected chi connectivity index (χ1v) is 7.03. The van der Waals surface area contributed by atoms with Crippen LogP contribution in [0.5, 0.6) is 0 Å². The zero-order valence-electron chi connectivity index (χ0n) is 12.3. The van der Waals surface area contributed by atoms with Crippen molar-refractivity contribution in [3.8, 4) is 0 Å². The Bertz CT molecular complexity index is 412. The van der Waals surface area contributed by atoms with Crippen molar-refractivity contribution in [2.75, 3.05) is 26.2 Å². The van der Waals surface area contributed by atoms with E-state index < -0.39 is 0 Å². The number of rotatable bonds is 5.